The fourth-order valence-electron chi connectivity index (χ4n) is 1.67. The largest absolute Gasteiger partial charge is 0.434 e. The molecule has 7 heteroatoms. The smallest absolute Gasteiger partial charge is 0.388 e. The Hall–Kier alpha value is -1.53. The van der Waals surface area contributed by atoms with Crippen LogP contribution in [0.15, 0.2) is 32.0 Å². The van der Waals surface area contributed by atoms with E-state index in [1.54, 1.807) is 6.20 Å². The van der Waals surface area contributed by atoms with Crippen molar-refractivity contribution in [3.63, 3.8) is 0 Å². The first-order valence-electron chi connectivity index (χ1n) is 4.68. The van der Waals surface area contributed by atoms with E-state index in [4.69, 9.17) is 16.0 Å². The monoisotopic (exact) mass is 313 g/mol. The predicted octanol–water partition coefficient (Wildman–Crippen LogP) is 2.93. The van der Waals surface area contributed by atoms with Gasteiger partial charge in [-0.15, -0.1) is 5.10 Å². The molecule has 0 saturated carbocycles. The lowest BCUT2D eigenvalue weighted by Gasteiger charge is -1.99. The van der Waals surface area contributed by atoms with Crippen LogP contribution in [-0.4, -0.2) is 15.2 Å². The van der Waals surface area contributed by atoms with Crippen LogP contribution in [0.1, 0.15) is 0 Å². The highest BCUT2D eigenvalue weighted by Gasteiger charge is 2.15. The molecule has 0 fully saturated rings. The van der Waals surface area contributed by atoms with Gasteiger partial charge in [-0.3, -0.25) is 0 Å². The zero-order valence-corrected chi connectivity index (χ0v) is 10.6. The van der Waals surface area contributed by atoms with Crippen molar-refractivity contribution in [1.82, 2.24) is 15.2 Å². The predicted molar refractivity (Wildman–Crippen MR) is 67.1 cm³/mol. The number of fused-ring (bicyclic) bond motifs is 1. The van der Waals surface area contributed by atoms with Gasteiger partial charge in [0.25, 0.3) is 5.89 Å². The highest BCUT2D eigenvalue weighted by atomic mass is 79.9. The first kappa shape index (κ1) is 10.6. The molecule has 0 aliphatic carbocycles. The van der Waals surface area contributed by atoms with E-state index in [1.165, 1.54) is 0 Å². The molecule has 1 aromatic carbocycles. The minimum Gasteiger partial charge on any atom is -0.388 e. The molecule has 0 radical (unpaired) electrons. The summed E-state index contributed by atoms with van der Waals surface area (Å²) < 4.78 is 5.68. The number of halogens is 2. The van der Waals surface area contributed by atoms with Gasteiger partial charge in [0.2, 0.25) is 0 Å². The first-order valence-corrected chi connectivity index (χ1v) is 5.85. The van der Waals surface area contributed by atoms with E-state index in [0.29, 0.717) is 10.6 Å². The third-order valence-electron chi connectivity index (χ3n) is 2.40. The number of H-pyrrole nitrogens is 2. The van der Waals surface area contributed by atoms with Gasteiger partial charge in [-0.25, -0.2) is 9.89 Å². The van der Waals surface area contributed by atoms with Crippen LogP contribution in [0, 0.1) is 0 Å². The minimum atomic E-state index is -0.597. The van der Waals surface area contributed by atoms with Crippen LogP contribution in [0.4, 0.5) is 0 Å². The molecule has 2 aromatic heterocycles. The molecule has 5 nitrogen and oxygen atoms in total. The van der Waals surface area contributed by atoms with Crippen molar-refractivity contribution in [3.8, 4) is 11.5 Å². The molecular weight excluding hydrogens is 309 g/mol. The SMILES string of the molecule is O=c1[nH]nc(-c2c[nH]c3ccc(Br)c(Cl)c23)o1. The quantitative estimate of drug-likeness (QED) is 0.725. The van der Waals surface area contributed by atoms with Crippen LogP contribution in [0.3, 0.4) is 0 Å². The molecule has 2 N–H and O–H groups in total. The van der Waals surface area contributed by atoms with Crippen molar-refractivity contribution in [2.75, 3.05) is 0 Å². The van der Waals surface area contributed by atoms with Gasteiger partial charge in [-0.1, -0.05) is 11.6 Å². The van der Waals surface area contributed by atoms with E-state index in [0.717, 1.165) is 15.4 Å². The third-order valence-corrected chi connectivity index (χ3v) is 3.69. The lowest BCUT2D eigenvalue weighted by atomic mass is 10.2. The molecule has 2 heterocycles. The molecule has 0 saturated heterocycles. The molecule has 0 amide bonds. The van der Waals surface area contributed by atoms with Crippen LogP contribution in [-0.2, 0) is 0 Å². The Balaban J connectivity index is 2.38. The van der Waals surface area contributed by atoms with Crippen LogP contribution in [0.2, 0.25) is 5.02 Å². The van der Waals surface area contributed by atoms with E-state index >= 15 is 0 Å². The summed E-state index contributed by atoms with van der Waals surface area (Å²) in [6.45, 7) is 0. The van der Waals surface area contributed by atoms with Crippen molar-refractivity contribution in [3.05, 3.63) is 38.4 Å². The average molecular weight is 315 g/mol. The van der Waals surface area contributed by atoms with Crippen molar-refractivity contribution in [2.24, 2.45) is 0 Å². The number of aromatic amines is 2. The van der Waals surface area contributed by atoms with Gasteiger partial charge in [-0.2, -0.15) is 0 Å². The maximum atomic E-state index is 10.9. The summed E-state index contributed by atoms with van der Waals surface area (Å²) in [4.78, 5) is 14.0. The van der Waals surface area contributed by atoms with Gasteiger partial charge in [0.1, 0.15) is 0 Å². The molecule has 0 aliphatic rings. The number of benzene rings is 1. The van der Waals surface area contributed by atoms with E-state index in [-0.39, 0.29) is 5.89 Å². The van der Waals surface area contributed by atoms with Crippen LogP contribution < -0.4 is 5.76 Å². The first-order chi connectivity index (χ1) is 8.16. The van der Waals surface area contributed by atoms with Gasteiger partial charge in [0, 0.05) is 21.6 Å². The molecule has 0 spiro atoms. The summed E-state index contributed by atoms with van der Waals surface area (Å²) in [5.41, 5.74) is 1.49. The number of aromatic nitrogens is 3. The summed E-state index contributed by atoms with van der Waals surface area (Å²) in [6, 6.07) is 3.71. The van der Waals surface area contributed by atoms with Gasteiger partial charge >= 0.3 is 5.76 Å². The normalized spacial score (nSPS) is 11.2. The summed E-state index contributed by atoms with van der Waals surface area (Å²) >= 11 is 9.55. The highest BCUT2D eigenvalue weighted by Crippen LogP contribution is 2.36. The fourth-order valence-corrected chi connectivity index (χ4v) is 2.27. The molecule has 3 rings (SSSR count). The maximum absolute atomic E-state index is 10.9. The Bertz CT molecular complexity index is 758. The van der Waals surface area contributed by atoms with Gasteiger partial charge < -0.3 is 9.40 Å². The molecule has 17 heavy (non-hydrogen) atoms. The Morgan fingerprint density at radius 1 is 1.41 bits per heavy atom. The lowest BCUT2D eigenvalue weighted by molar-refractivity contribution is 0.527. The van der Waals surface area contributed by atoms with Crippen LogP contribution in [0.25, 0.3) is 22.4 Å². The summed E-state index contributed by atoms with van der Waals surface area (Å²) in [5.74, 6) is -0.387. The number of hydrogen-bond donors (Lipinski definition) is 2. The molecule has 0 atom stereocenters. The van der Waals surface area contributed by atoms with Crippen molar-refractivity contribution < 1.29 is 4.42 Å². The zero-order valence-electron chi connectivity index (χ0n) is 8.25. The van der Waals surface area contributed by atoms with E-state index in [9.17, 15) is 4.79 Å². The van der Waals surface area contributed by atoms with E-state index in [1.807, 2.05) is 12.1 Å². The van der Waals surface area contributed by atoms with Crippen LogP contribution in [0.5, 0.6) is 0 Å². The maximum Gasteiger partial charge on any atom is 0.434 e. The summed E-state index contributed by atoms with van der Waals surface area (Å²) in [5, 5.41) is 7.30. The standard InChI is InChI=1S/C10H5BrClN3O2/c11-5-1-2-6-7(8(5)12)4(3-13-6)9-14-15-10(16)17-9/h1-3,13H,(H,15,16). The second-order valence-electron chi connectivity index (χ2n) is 3.40. The Kier molecular flexibility index (Phi) is 2.34. The number of hydrogen-bond acceptors (Lipinski definition) is 3. The number of nitrogens with zero attached hydrogens (tertiary/aromatic N) is 1. The molecular formula is C10H5BrClN3O2. The highest BCUT2D eigenvalue weighted by molar-refractivity contribution is 9.10. The lowest BCUT2D eigenvalue weighted by Crippen LogP contribution is -1.93. The van der Waals surface area contributed by atoms with Gasteiger partial charge in [0.15, 0.2) is 0 Å². The Morgan fingerprint density at radius 3 is 2.94 bits per heavy atom. The summed E-state index contributed by atoms with van der Waals surface area (Å²) in [6.07, 6.45) is 1.70. The average Bonchev–Trinajstić information content (AvgIpc) is 2.89. The zero-order chi connectivity index (χ0) is 12.0. The molecule has 0 aliphatic heterocycles. The molecule has 3 aromatic rings. The van der Waals surface area contributed by atoms with E-state index < -0.39 is 5.76 Å². The fraction of sp³-hybridized carbons (Fsp3) is 0. The molecule has 0 unspecified atom stereocenters. The minimum absolute atomic E-state index is 0.209. The Labute approximate surface area is 108 Å². The van der Waals surface area contributed by atoms with Crippen molar-refractivity contribution >= 4 is 38.4 Å². The third kappa shape index (κ3) is 1.60. The molecule has 0 bridgehead atoms. The summed E-state index contributed by atoms with van der Waals surface area (Å²) in [7, 11) is 0. The topological polar surface area (TPSA) is 74.7 Å². The van der Waals surface area contributed by atoms with E-state index in [2.05, 4.69) is 31.1 Å². The van der Waals surface area contributed by atoms with Gasteiger partial charge in [-0.05, 0) is 28.1 Å². The molecule has 86 valence electrons. The van der Waals surface area contributed by atoms with Gasteiger partial charge in [0.05, 0.1) is 10.6 Å². The Morgan fingerprint density at radius 2 is 2.24 bits per heavy atom. The van der Waals surface area contributed by atoms with Crippen LogP contribution >= 0.6 is 27.5 Å². The number of rotatable bonds is 1. The van der Waals surface area contributed by atoms with Crippen molar-refractivity contribution in [2.45, 2.75) is 0 Å². The number of nitrogens with one attached hydrogen (secondary N) is 2. The second-order valence-corrected chi connectivity index (χ2v) is 4.64. The van der Waals surface area contributed by atoms with Crippen molar-refractivity contribution in [1.29, 1.82) is 0 Å². The second kappa shape index (κ2) is 3.75.